The number of carbonyl (C=O) groups excluding carboxylic acids is 1. The minimum atomic E-state index is -1.41. The van der Waals surface area contributed by atoms with Gasteiger partial charge in [-0.1, -0.05) is 6.07 Å². The highest BCUT2D eigenvalue weighted by Crippen LogP contribution is 2.08. The highest BCUT2D eigenvalue weighted by Gasteiger charge is 2.23. The molecule has 3 N–H and O–H groups in total. The summed E-state index contributed by atoms with van der Waals surface area (Å²) in [7, 11) is 0. The smallest absolute Gasteiger partial charge is 0.326 e. The fourth-order valence-corrected chi connectivity index (χ4v) is 1.64. The Morgan fingerprint density at radius 3 is 2.50 bits per heavy atom. The molecule has 1 heterocycles. The van der Waals surface area contributed by atoms with Gasteiger partial charge in [0.05, 0.1) is 11.3 Å². The number of hydrogen-bond donors (Lipinski definition) is 3. The lowest BCUT2D eigenvalue weighted by molar-refractivity contribution is -0.145. The van der Waals surface area contributed by atoms with Gasteiger partial charge in [0.2, 0.25) is 0 Å². The van der Waals surface area contributed by atoms with Crippen LogP contribution in [0.2, 0.25) is 0 Å². The molecule has 0 aliphatic carbocycles. The molecule has 0 saturated carbocycles. The molecular weight excluding hydrogens is 234 g/mol. The third kappa shape index (κ3) is 3.35. The number of carbonyl (C=O) groups is 3. The summed E-state index contributed by atoms with van der Waals surface area (Å²) in [6.07, 6.45) is -0.646. The molecule has 1 amide bonds. The van der Waals surface area contributed by atoms with E-state index >= 15 is 0 Å². The van der Waals surface area contributed by atoms with Crippen molar-refractivity contribution in [1.82, 2.24) is 5.32 Å². The fraction of sp³-hybridized carbons (Fsp3) is 0.222. The molecule has 0 bridgehead atoms. The van der Waals surface area contributed by atoms with Gasteiger partial charge in [0.15, 0.2) is 0 Å². The Kier molecular flexibility index (Phi) is 4.01. The Morgan fingerprint density at radius 2 is 2.06 bits per heavy atom. The van der Waals surface area contributed by atoms with Crippen LogP contribution in [0.4, 0.5) is 0 Å². The van der Waals surface area contributed by atoms with E-state index < -0.39 is 30.3 Å². The number of carboxylic acids is 2. The maximum Gasteiger partial charge on any atom is 0.326 e. The molecule has 0 unspecified atom stereocenters. The Morgan fingerprint density at radius 1 is 1.38 bits per heavy atom. The second-order valence-corrected chi connectivity index (χ2v) is 3.89. The van der Waals surface area contributed by atoms with E-state index in [0.29, 0.717) is 4.88 Å². The van der Waals surface area contributed by atoms with Crippen molar-refractivity contribution in [2.45, 2.75) is 12.5 Å². The molecule has 0 aliphatic heterocycles. The summed E-state index contributed by atoms with van der Waals surface area (Å²) < 4.78 is 0. The summed E-state index contributed by atoms with van der Waals surface area (Å²) in [4.78, 5) is 32.8. The largest absolute Gasteiger partial charge is 0.481 e. The second-order valence-electron chi connectivity index (χ2n) is 2.94. The molecule has 1 atom stereocenters. The lowest BCUT2D eigenvalue weighted by Gasteiger charge is -2.11. The average Bonchev–Trinajstić information content (AvgIpc) is 2.68. The number of rotatable bonds is 5. The van der Waals surface area contributed by atoms with E-state index in [1.807, 2.05) is 0 Å². The highest BCUT2D eigenvalue weighted by molar-refractivity contribution is 7.12. The summed E-state index contributed by atoms with van der Waals surface area (Å²) in [5.41, 5.74) is 0. The first-order chi connectivity index (χ1) is 7.50. The van der Waals surface area contributed by atoms with Crippen LogP contribution in [0.25, 0.3) is 0 Å². The molecule has 1 aromatic heterocycles. The van der Waals surface area contributed by atoms with Crippen LogP contribution in [0, 0.1) is 0 Å². The van der Waals surface area contributed by atoms with Gasteiger partial charge in [-0.05, 0) is 11.4 Å². The van der Waals surface area contributed by atoms with Crippen LogP contribution in [-0.4, -0.2) is 34.1 Å². The number of carboxylic acid groups (broad SMARTS) is 2. The zero-order chi connectivity index (χ0) is 12.1. The van der Waals surface area contributed by atoms with Crippen LogP contribution in [-0.2, 0) is 9.59 Å². The molecular formula is C9H9NO5S. The molecule has 7 heteroatoms. The summed E-state index contributed by atoms with van der Waals surface area (Å²) in [6.45, 7) is 0. The summed E-state index contributed by atoms with van der Waals surface area (Å²) in [5, 5.41) is 21.0. The van der Waals surface area contributed by atoms with Crippen molar-refractivity contribution in [2.24, 2.45) is 0 Å². The van der Waals surface area contributed by atoms with Gasteiger partial charge in [-0.3, -0.25) is 9.59 Å². The second kappa shape index (κ2) is 5.26. The van der Waals surface area contributed by atoms with Crippen LogP contribution < -0.4 is 5.32 Å². The van der Waals surface area contributed by atoms with Crippen molar-refractivity contribution >= 4 is 29.2 Å². The van der Waals surface area contributed by atoms with Crippen molar-refractivity contribution in [3.05, 3.63) is 22.4 Å². The molecule has 16 heavy (non-hydrogen) atoms. The monoisotopic (exact) mass is 243 g/mol. The van der Waals surface area contributed by atoms with Crippen molar-refractivity contribution in [3.8, 4) is 0 Å². The molecule has 0 saturated heterocycles. The standard InChI is InChI=1S/C9H9NO5S/c11-7(12)4-5(9(14)15)10-8(13)6-2-1-3-16-6/h1-3,5H,4H2,(H,10,13)(H,11,12)(H,14,15)/t5-/m1/s1. The van der Waals surface area contributed by atoms with Gasteiger partial charge in [0, 0.05) is 0 Å². The van der Waals surface area contributed by atoms with Crippen LogP contribution in [0.5, 0.6) is 0 Å². The van der Waals surface area contributed by atoms with E-state index in [1.54, 1.807) is 11.4 Å². The first-order valence-corrected chi connectivity index (χ1v) is 5.17. The van der Waals surface area contributed by atoms with E-state index in [9.17, 15) is 14.4 Å². The Balaban J connectivity index is 2.65. The SMILES string of the molecule is O=C(O)C[C@@H](NC(=O)c1cccs1)C(=O)O. The first-order valence-electron chi connectivity index (χ1n) is 4.29. The molecule has 0 aliphatic rings. The Bertz CT molecular complexity index is 400. The minimum Gasteiger partial charge on any atom is -0.481 e. The lowest BCUT2D eigenvalue weighted by Crippen LogP contribution is -2.41. The van der Waals surface area contributed by atoms with Gasteiger partial charge in [0.1, 0.15) is 6.04 Å². The predicted molar refractivity (Wildman–Crippen MR) is 55.5 cm³/mol. The van der Waals surface area contributed by atoms with Crippen LogP contribution in [0.15, 0.2) is 17.5 Å². The molecule has 0 fully saturated rings. The number of nitrogens with one attached hydrogen (secondary N) is 1. The van der Waals surface area contributed by atoms with Gasteiger partial charge in [-0.25, -0.2) is 4.79 Å². The molecule has 86 valence electrons. The van der Waals surface area contributed by atoms with Crippen molar-refractivity contribution in [1.29, 1.82) is 0 Å². The fourth-order valence-electron chi connectivity index (χ4n) is 1.01. The summed E-state index contributed by atoms with van der Waals surface area (Å²) >= 11 is 1.15. The topological polar surface area (TPSA) is 104 Å². The van der Waals surface area contributed by atoms with Gasteiger partial charge in [0.25, 0.3) is 5.91 Å². The Hall–Kier alpha value is -1.89. The van der Waals surface area contributed by atoms with Gasteiger partial charge >= 0.3 is 11.9 Å². The maximum absolute atomic E-state index is 11.4. The van der Waals surface area contributed by atoms with Crippen LogP contribution in [0.1, 0.15) is 16.1 Å². The Labute approximate surface area is 94.5 Å². The minimum absolute atomic E-state index is 0.344. The zero-order valence-corrected chi connectivity index (χ0v) is 8.86. The number of amides is 1. The van der Waals surface area contributed by atoms with E-state index in [1.165, 1.54) is 6.07 Å². The number of hydrogen-bond acceptors (Lipinski definition) is 4. The van der Waals surface area contributed by atoms with Crippen LogP contribution >= 0.6 is 11.3 Å². The van der Waals surface area contributed by atoms with E-state index in [-0.39, 0.29) is 0 Å². The molecule has 0 radical (unpaired) electrons. The number of aliphatic carboxylic acids is 2. The van der Waals surface area contributed by atoms with E-state index in [0.717, 1.165) is 11.3 Å². The van der Waals surface area contributed by atoms with Gasteiger partial charge in [-0.15, -0.1) is 11.3 Å². The van der Waals surface area contributed by atoms with Gasteiger partial charge in [-0.2, -0.15) is 0 Å². The highest BCUT2D eigenvalue weighted by atomic mass is 32.1. The van der Waals surface area contributed by atoms with E-state index in [2.05, 4.69) is 5.32 Å². The normalized spacial score (nSPS) is 11.8. The third-order valence-corrected chi connectivity index (χ3v) is 2.60. The quantitative estimate of drug-likeness (QED) is 0.694. The summed E-state index contributed by atoms with van der Waals surface area (Å²) in [6, 6.07) is 1.76. The molecule has 1 rings (SSSR count). The molecule has 6 nitrogen and oxygen atoms in total. The van der Waals surface area contributed by atoms with Gasteiger partial charge < -0.3 is 15.5 Å². The molecule has 0 aromatic carbocycles. The summed E-state index contributed by atoms with van der Waals surface area (Å²) in [5.74, 6) is -3.23. The maximum atomic E-state index is 11.4. The van der Waals surface area contributed by atoms with Crippen molar-refractivity contribution < 1.29 is 24.6 Å². The lowest BCUT2D eigenvalue weighted by atomic mass is 10.2. The first kappa shape index (κ1) is 12.2. The average molecular weight is 243 g/mol. The number of thiophene rings is 1. The van der Waals surface area contributed by atoms with Crippen molar-refractivity contribution in [2.75, 3.05) is 0 Å². The predicted octanol–water partition coefficient (Wildman–Crippen LogP) is 0.406. The van der Waals surface area contributed by atoms with Crippen LogP contribution in [0.3, 0.4) is 0 Å². The molecule has 1 aromatic rings. The van der Waals surface area contributed by atoms with Crippen molar-refractivity contribution in [3.63, 3.8) is 0 Å². The zero-order valence-electron chi connectivity index (χ0n) is 8.04. The third-order valence-electron chi connectivity index (χ3n) is 1.73. The molecule has 0 spiro atoms. The van der Waals surface area contributed by atoms with E-state index in [4.69, 9.17) is 10.2 Å².